The number of aliphatic hydroxyl groups excluding tert-OH is 2. The Morgan fingerprint density at radius 2 is 1.66 bits per heavy atom. The van der Waals surface area contributed by atoms with Gasteiger partial charge in [-0.1, -0.05) is 49.2 Å². The fourth-order valence-corrected chi connectivity index (χ4v) is 5.04. The molecule has 208 valence electrons. The standard InChI is InChI=1S/C28H38N2O7S/c31-14-15-38-19-24-17-25(21-12-10-20(18-32)11-13-21)37-28(36-24)22-6-5-7-23(16-22)29-26(33)8-3-1-2-4-9-27(34)30-35/h5-7,10-13,16,24-25,28,31-32,35H,1-4,8-9,14-15,17-19H2,(H,29,33)(H,30,34)/t24-,25+,28+/m1/s1. The van der Waals surface area contributed by atoms with Crippen LogP contribution in [0.3, 0.4) is 0 Å². The maximum atomic E-state index is 12.5. The highest BCUT2D eigenvalue weighted by atomic mass is 32.2. The molecule has 9 nitrogen and oxygen atoms in total. The number of carbonyl (C=O) groups excluding carboxylic acids is 2. The molecule has 0 saturated carbocycles. The number of hydroxylamine groups is 1. The van der Waals surface area contributed by atoms with E-state index in [2.05, 4.69) is 5.32 Å². The summed E-state index contributed by atoms with van der Waals surface area (Å²) in [7, 11) is 0. The van der Waals surface area contributed by atoms with Gasteiger partial charge in [-0.2, -0.15) is 11.8 Å². The number of ether oxygens (including phenoxy) is 2. The Labute approximate surface area is 227 Å². The highest BCUT2D eigenvalue weighted by molar-refractivity contribution is 7.99. The van der Waals surface area contributed by atoms with Crippen LogP contribution in [0.5, 0.6) is 0 Å². The number of rotatable bonds is 15. The molecular weight excluding hydrogens is 508 g/mol. The lowest BCUT2D eigenvalue weighted by Crippen LogP contribution is -2.31. The molecule has 0 bridgehead atoms. The van der Waals surface area contributed by atoms with Gasteiger partial charge in [0.15, 0.2) is 6.29 Å². The number of carbonyl (C=O) groups is 2. The van der Waals surface area contributed by atoms with E-state index >= 15 is 0 Å². The zero-order valence-electron chi connectivity index (χ0n) is 21.5. The Balaban J connectivity index is 1.58. The molecule has 0 spiro atoms. The number of nitrogens with one attached hydrogen (secondary N) is 2. The molecule has 2 aromatic carbocycles. The number of hydrogen-bond acceptors (Lipinski definition) is 8. The second-order valence-corrected chi connectivity index (χ2v) is 10.4. The summed E-state index contributed by atoms with van der Waals surface area (Å²) in [5.41, 5.74) is 4.94. The normalized spacial score (nSPS) is 19.2. The SMILES string of the molecule is O=C(CCCCCCC(=O)Nc1cccc([C@H]2O[C@@H](CSCCO)C[C@@H](c3ccc(CO)cc3)O2)c1)NO. The van der Waals surface area contributed by atoms with Crippen LogP contribution in [-0.4, -0.2) is 51.5 Å². The summed E-state index contributed by atoms with van der Waals surface area (Å²) in [6, 6.07) is 15.2. The lowest BCUT2D eigenvalue weighted by molar-refractivity contribution is -0.245. The van der Waals surface area contributed by atoms with Crippen LogP contribution in [0.1, 0.15) is 74.0 Å². The Morgan fingerprint density at radius 1 is 0.921 bits per heavy atom. The van der Waals surface area contributed by atoms with Gasteiger partial charge in [0.2, 0.25) is 11.8 Å². The van der Waals surface area contributed by atoms with Crippen LogP contribution in [0.15, 0.2) is 48.5 Å². The van der Waals surface area contributed by atoms with Crippen molar-refractivity contribution in [3.63, 3.8) is 0 Å². The predicted octanol–water partition coefficient (Wildman–Crippen LogP) is 4.23. The Kier molecular flexibility index (Phi) is 13.0. The van der Waals surface area contributed by atoms with Crippen LogP contribution in [-0.2, 0) is 25.7 Å². The minimum atomic E-state index is -0.612. The zero-order valence-corrected chi connectivity index (χ0v) is 22.3. The van der Waals surface area contributed by atoms with E-state index in [0.717, 1.165) is 35.3 Å². The summed E-state index contributed by atoms with van der Waals surface area (Å²) < 4.78 is 12.6. The van der Waals surface area contributed by atoms with Crippen LogP contribution < -0.4 is 10.8 Å². The van der Waals surface area contributed by atoms with Crippen LogP contribution in [0, 0.1) is 0 Å². The molecule has 0 aromatic heterocycles. The van der Waals surface area contributed by atoms with Crippen molar-refractivity contribution in [1.29, 1.82) is 0 Å². The molecule has 0 aliphatic carbocycles. The number of amides is 2. The van der Waals surface area contributed by atoms with E-state index in [1.165, 1.54) is 0 Å². The first kappa shape index (κ1) is 30.1. The Hall–Kier alpha value is -2.47. The average molecular weight is 547 g/mol. The molecule has 1 fully saturated rings. The van der Waals surface area contributed by atoms with E-state index in [1.54, 1.807) is 17.2 Å². The van der Waals surface area contributed by atoms with E-state index in [0.29, 0.717) is 37.1 Å². The molecule has 3 rings (SSSR count). The number of benzene rings is 2. The second kappa shape index (κ2) is 16.5. The summed E-state index contributed by atoms with van der Waals surface area (Å²) in [5.74, 6) is 0.892. The number of aliphatic hydroxyl groups is 2. The molecule has 1 heterocycles. The van der Waals surface area contributed by atoms with Crippen molar-refractivity contribution in [3.8, 4) is 0 Å². The van der Waals surface area contributed by atoms with Crippen molar-refractivity contribution < 1.29 is 34.5 Å². The summed E-state index contributed by atoms with van der Waals surface area (Å²) in [6.45, 7) is 0.103. The van der Waals surface area contributed by atoms with Gasteiger partial charge in [-0.3, -0.25) is 14.8 Å². The lowest BCUT2D eigenvalue weighted by Gasteiger charge is -2.36. The third-order valence-corrected chi connectivity index (χ3v) is 7.36. The number of unbranched alkanes of at least 4 members (excludes halogenated alkanes) is 3. The first-order valence-electron chi connectivity index (χ1n) is 13.0. The predicted molar refractivity (Wildman–Crippen MR) is 146 cm³/mol. The molecule has 1 aliphatic rings. The second-order valence-electron chi connectivity index (χ2n) is 9.27. The van der Waals surface area contributed by atoms with E-state index in [1.807, 2.05) is 48.5 Å². The van der Waals surface area contributed by atoms with Crippen LogP contribution >= 0.6 is 11.8 Å². The lowest BCUT2D eigenvalue weighted by atomic mass is 10.0. The van der Waals surface area contributed by atoms with Crippen molar-refractivity contribution in [2.45, 2.75) is 70.1 Å². The molecule has 5 N–H and O–H groups in total. The van der Waals surface area contributed by atoms with Gasteiger partial charge in [0.1, 0.15) is 0 Å². The summed E-state index contributed by atoms with van der Waals surface area (Å²) in [6.07, 6.45) is 3.47. The maximum Gasteiger partial charge on any atom is 0.243 e. The molecule has 10 heteroatoms. The topological polar surface area (TPSA) is 137 Å². The molecule has 2 aromatic rings. The van der Waals surface area contributed by atoms with E-state index in [4.69, 9.17) is 19.8 Å². The summed E-state index contributed by atoms with van der Waals surface area (Å²) in [4.78, 5) is 23.5. The van der Waals surface area contributed by atoms with Crippen molar-refractivity contribution >= 4 is 29.3 Å². The van der Waals surface area contributed by atoms with Crippen molar-refractivity contribution in [1.82, 2.24) is 5.48 Å². The van der Waals surface area contributed by atoms with Gasteiger partial charge in [0, 0.05) is 42.0 Å². The molecular formula is C28H38N2O7S. The fraction of sp³-hybridized carbons (Fsp3) is 0.500. The van der Waals surface area contributed by atoms with Gasteiger partial charge in [-0.05, 0) is 36.1 Å². The molecule has 2 amide bonds. The fourth-order valence-electron chi connectivity index (χ4n) is 4.27. The molecule has 0 radical (unpaired) electrons. The van der Waals surface area contributed by atoms with Crippen LogP contribution in [0.4, 0.5) is 5.69 Å². The number of hydrogen-bond donors (Lipinski definition) is 5. The van der Waals surface area contributed by atoms with Crippen molar-refractivity contribution in [2.75, 3.05) is 23.4 Å². The van der Waals surface area contributed by atoms with Gasteiger partial charge in [-0.25, -0.2) is 5.48 Å². The monoisotopic (exact) mass is 546 g/mol. The largest absolute Gasteiger partial charge is 0.396 e. The molecule has 3 atom stereocenters. The highest BCUT2D eigenvalue weighted by Gasteiger charge is 2.32. The van der Waals surface area contributed by atoms with E-state index < -0.39 is 12.2 Å². The molecule has 1 saturated heterocycles. The van der Waals surface area contributed by atoms with Gasteiger partial charge in [0.05, 0.1) is 25.4 Å². The highest BCUT2D eigenvalue weighted by Crippen LogP contribution is 2.39. The number of anilines is 1. The van der Waals surface area contributed by atoms with Crippen LogP contribution in [0.25, 0.3) is 0 Å². The minimum absolute atomic E-state index is 0.0141. The molecule has 38 heavy (non-hydrogen) atoms. The van der Waals surface area contributed by atoms with Gasteiger partial charge >= 0.3 is 0 Å². The summed E-state index contributed by atoms with van der Waals surface area (Å²) in [5, 5.41) is 30.0. The first-order chi connectivity index (χ1) is 18.5. The van der Waals surface area contributed by atoms with Gasteiger partial charge in [-0.15, -0.1) is 0 Å². The third-order valence-electron chi connectivity index (χ3n) is 6.28. The van der Waals surface area contributed by atoms with E-state index in [9.17, 15) is 14.7 Å². The quantitative estimate of drug-likeness (QED) is 0.127. The maximum absolute atomic E-state index is 12.5. The van der Waals surface area contributed by atoms with E-state index in [-0.39, 0.29) is 37.7 Å². The van der Waals surface area contributed by atoms with Crippen LogP contribution in [0.2, 0.25) is 0 Å². The number of thioether (sulfide) groups is 1. The molecule has 1 aliphatic heterocycles. The smallest absolute Gasteiger partial charge is 0.243 e. The first-order valence-corrected chi connectivity index (χ1v) is 14.2. The van der Waals surface area contributed by atoms with Gasteiger partial charge in [0.25, 0.3) is 0 Å². The minimum Gasteiger partial charge on any atom is -0.396 e. The Morgan fingerprint density at radius 3 is 2.34 bits per heavy atom. The summed E-state index contributed by atoms with van der Waals surface area (Å²) >= 11 is 1.64. The Bertz CT molecular complexity index is 1000. The average Bonchev–Trinajstić information content (AvgIpc) is 2.95. The third kappa shape index (κ3) is 10.0. The van der Waals surface area contributed by atoms with Crippen molar-refractivity contribution in [2.24, 2.45) is 0 Å². The van der Waals surface area contributed by atoms with Gasteiger partial charge < -0.3 is 25.0 Å². The molecule has 0 unspecified atom stereocenters. The van der Waals surface area contributed by atoms with Crippen molar-refractivity contribution in [3.05, 3.63) is 65.2 Å². The zero-order chi connectivity index (χ0) is 27.2.